The molecule has 148 valence electrons. The number of fused-ring (bicyclic) bond motifs is 8. The normalized spacial score (nSPS) is 11.9. The van der Waals surface area contributed by atoms with Gasteiger partial charge in [-0.25, -0.2) is 9.97 Å². The van der Waals surface area contributed by atoms with E-state index in [1.54, 1.807) is 11.3 Å². The second-order valence-corrected chi connectivity index (χ2v) is 8.20. The van der Waals surface area contributed by atoms with Crippen LogP contribution in [0.15, 0.2) is 65.4 Å². The van der Waals surface area contributed by atoms with Gasteiger partial charge in [0.2, 0.25) is 0 Å². The van der Waals surface area contributed by atoms with Gasteiger partial charge in [-0.1, -0.05) is 0 Å². The van der Waals surface area contributed by atoms with E-state index in [-0.39, 0.29) is 0 Å². The van der Waals surface area contributed by atoms with Crippen molar-refractivity contribution in [1.29, 1.82) is 0 Å². The average molecular weight is 452 g/mol. The third-order valence-corrected chi connectivity index (χ3v) is 5.70. The van der Waals surface area contributed by atoms with Crippen LogP contribution in [0.3, 0.4) is 0 Å². The first-order valence-corrected chi connectivity index (χ1v) is 10.9. The molecule has 6 rings (SSSR count). The Morgan fingerprint density at radius 1 is 0.600 bits per heavy atom. The summed E-state index contributed by atoms with van der Waals surface area (Å²) < 4.78 is 1.05. The fourth-order valence-corrected chi connectivity index (χ4v) is 4.09. The van der Waals surface area contributed by atoms with Crippen molar-refractivity contribution >= 4 is 62.2 Å². The molecule has 0 fully saturated rings. The number of aromatic nitrogens is 4. The van der Waals surface area contributed by atoms with E-state index in [1.165, 1.54) is 0 Å². The Morgan fingerprint density at radius 3 is 1.27 bits per heavy atom. The van der Waals surface area contributed by atoms with Crippen molar-refractivity contribution in [2.24, 2.45) is 0 Å². The molecular formula is C24H17CoN4S. The van der Waals surface area contributed by atoms with E-state index in [1.807, 2.05) is 65.4 Å². The van der Waals surface area contributed by atoms with Gasteiger partial charge in [0, 0.05) is 22.1 Å². The van der Waals surface area contributed by atoms with Crippen molar-refractivity contribution in [2.75, 3.05) is 0 Å². The van der Waals surface area contributed by atoms with Crippen LogP contribution in [-0.4, -0.2) is 19.9 Å². The van der Waals surface area contributed by atoms with E-state index in [0.29, 0.717) is 0 Å². The molecule has 8 bridgehead atoms. The molecule has 2 aliphatic rings. The van der Waals surface area contributed by atoms with Gasteiger partial charge in [0.15, 0.2) is 0 Å². The fraction of sp³-hybridized carbons (Fsp3) is 0. The minimum atomic E-state index is 0.939. The van der Waals surface area contributed by atoms with E-state index in [4.69, 9.17) is 0 Å². The summed E-state index contributed by atoms with van der Waals surface area (Å²) in [6.07, 6.45) is 8.09. The third kappa shape index (κ3) is 4.51. The second-order valence-electron chi connectivity index (χ2n) is 6.82. The Labute approximate surface area is 185 Å². The number of thiophene rings is 1. The SMILES string of the molecule is C1=Cc2cc3ccc(cc4nc(cc5ccc(cc1n2)[nH]5)C=C4)[nH]3.[Co][c]1ccsc1. The standard InChI is InChI=1S/C20H14N4.C4H3S.Co/c1-2-14-10-16-5-6-18(23-16)12-20-8-7-19(24-20)11-17-4-3-15(22-17)9-13(1)21-14;1-2-4-5-3-1;/h1-12,21,24H;1,3-4H;. The van der Waals surface area contributed by atoms with Gasteiger partial charge in [-0.2, -0.15) is 0 Å². The zero-order valence-electron chi connectivity index (χ0n) is 15.8. The summed E-state index contributed by atoms with van der Waals surface area (Å²) in [4.78, 5) is 16.0. The molecule has 0 amide bonds. The van der Waals surface area contributed by atoms with Crippen LogP contribution in [0.5, 0.6) is 0 Å². The van der Waals surface area contributed by atoms with E-state index < -0.39 is 0 Å². The number of rotatable bonds is 0. The van der Waals surface area contributed by atoms with Gasteiger partial charge >= 0.3 is 48.4 Å². The number of nitrogens with zero attached hydrogens (tertiary/aromatic N) is 2. The van der Waals surface area contributed by atoms with Crippen molar-refractivity contribution < 1.29 is 15.7 Å². The van der Waals surface area contributed by atoms with Gasteiger partial charge in [0.25, 0.3) is 0 Å². The van der Waals surface area contributed by atoms with Crippen molar-refractivity contribution in [3.05, 3.63) is 88.1 Å². The summed E-state index contributed by atoms with van der Waals surface area (Å²) in [5, 5.41) is 3.99. The molecule has 0 atom stereocenters. The van der Waals surface area contributed by atoms with Gasteiger partial charge in [-0.3, -0.25) is 0 Å². The Hall–Kier alpha value is -3.19. The molecule has 4 aromatic rings. The molecule has 0 saturated carbocycles. The first-order chi connectivity index (χ1) is 14.7. The second kappa shape index (κ2) is 8.28. The molecule has 2 aliphatic heterocycles. The van der Waals surface area contributed by atoms with Gasteiger partial charge < -0.3 is 9.97 Å². The number of nitrogens with one attached hydrogen (secondary N) is 2. The van der Waals surface area contributed by atoms with Crippen molar-refractivity contribution in [3.63, 3.8) is 0 Å². The molecule has 6 heterocycles. The van der Waals surface area contributed by atoms with Crippen molar-refractivity contribution in [1.82, 2.24) is 19.9 Å². The number of aromatic amines is 2. The molecule has 0 aliphatic carbocycles. The van der Waals surface area contributed by atoms with E-state index in [0.717, 1.165) is 49.3 Å². The topological polar surface area (TPSA) is 57.4 Å². The van der Waals surface area contributed by atoms with Gasteiger partial charge in [-0.15, -0.1) is 0 Å². The summed E-state index contributed by atoms with van der Waals surface area (Å²) in [6, 6.07) is 18.3. The minimum absolute atomic E-state index is 0.939. The number of H-pyrrole nitrogens is 2. The first kappa shape index (κ1) is 18.8. The fourth-order valence-electron chi connectivity index (χ4n) is 3.19. The third-order valence-electron chi connectivity index (χ3n) is 4.52. The molecular weight excluding hydrogens is 435 g/mol. The van der Waals surface area contributed by atoms with E-state index >= 15 is 0 Å². The molecule has 0 saturated heterocycles. The van der Waals surface area contributed by atoms with Crippen molar-refractivity contribution in [3.8, 4) is 0 Å². The number of hydrogen-bond acceptors (Lipinski definition) is 3. The Kier molecular flexibility index (Phi) is 5.19. The molecule has 4 nitrogen and oxygen atoms in total. The molecule has 0 unspecified atom stereocenters. The van der Waals surface area contributed by atoms with Crippen LogP contribution >= 0.6 is 11.3 Å². The Balaban J connectivity index is 0.000000279. The Bertz CT molecular complexity index is 1230. The maximum atomic E-state index is 4.63. The van der Waals surface area contributed by atoms with Gasteiger partial charge in [-0.05, 0) is 72.8 Å². The molecule has 2 N–H and O–H groups in total. The first-order valence-electron chi connectivity index (χ1n) is 9.40. The average Bonchev–Trinajstić information content (AvgIpc) is 3.52. The molecule has 4 aromatic heterocycles. The summed E-state index contributed by atoms with van der Waals surface area (Å²) in [7, 11) is 0. The summed E-state index contributed by atoms with van der Waals surface area (Å²) in [6.45, 7) is 0. The van der Waals surface area contributed by atoms with Crippen LogP contribution in [0, 0.1) is 0 Å². The predicted molar refractivity (Wildman–Crippen MR) is 123 cm³/mol. The molecule has 0 aromatic carbocycles. The van der Waals surface area contributed by atoms with Crippen LogP contribution < -0.4 is 4.50 Å². The summed E-state index contributed by atoms with van der Waals surface area (Å²) >= 11 is 5.75. The van der Waals surface area contributed by atoms with Gasteiger partial charge in [0.05, 0.1) is 22.8 Å². The van der Waals surface area contributed by atoms with Crippen LogP contribution in [-0.2, 0) is 15.7 Å². The predicted octanol–water partition coefficient (Wildman–Crippen LogP) is 5.58. The van der Waals surface area contributed by atoms with Crippen LogP contribution in [0.1, 0.15) is 22.8 Å². The monoisotopic (exact) mass is 452 g/mol. The van der Waals surface area contributed by atoms with Crippen LogP contribution in [0.4, 0.5) is 0 Å². The zero-order valence-corrected chi connectivity index (χ0v) is 17.7. The molecule has 0 radical (unpaired) electrons. The molecule has 6 heteroatoms. The van der Waals surface area contributed by atoms with E-state index in [9.17, 15) is 0 Å². The maximum absolute atomic E-state index is 4.63. The number of hydrogen-bond donors (Lipinski definition) is 2. The molecule has 30 heavy (non-hydrogen) atoms. The summed E-state index contributed by atoms with van der Waals surface area (Å²) in [5.74, 6) is 0. The quantitative estimate of drug-likeness (QED) is 0.316. The Morgan fingerprint density at radius 2 is 1.00 bits per heavy atom. The zero-order chi connectivity index (χ0) is 20.3. The van der Waals surface area contributed by atoms with Crippen LogP contribution in [0.25, 0.3) is 46.4 Å². The van der Waals surface area contributed by atoms with Crippen molar-refractivity contribution in [2.45, 2.75) is 0 Å². The van der Waals surface area contributed by atoms with Gasteiger partial charge in [0.1, 0.15) is 0 Å². The van der Waals surface area contributed by atoms with Crippen LogP contribution in [0.2, 0.25) is 0 Å². The summed E-state index contributed by atoms with van der Waals surface area (Å²) in [5.41, 5.74) is 7.86. The van der Waals surface area contributed by atoms with E-state index in [2.05, 4.69) is 59.9 Å². The molecule has 0 spiro atoms.